The molecule has 0 atom stereocenters. The predicted molar refractivity (Wildman–Crippen MR) is 84.4 cm³/mol. The number of hydrogen-bond acceptors (Lipinski definition) is 4. The average molecular weight is 308 g/mol. The first-order valence-corrected chi connectivity index (χ1v) is 7.79. The summed E-state index contributed by atoms with van der Waals surface area (Å²) in [7, 11) is 0. The molecule has 2 aromatic rings. The largest absolute Gasteiger partial charge is 0.490 e. The molecule has 0 N–H and O–H groups in total. The molecule has 1 aliphatic heterocycles. The van der Waals surface area contributed by atoms with Gasteiger partial charge in [-0.3, -0.25) is 14.6 Å². The van der Waals surface area contributed by atoms with Gasteiger partial charge in [-0.1, -0.05) is 24.3 Å². The fourth-order valence-electron chi connectivity index (χ4n) is 3.16. The number of ether oxygens (including phenoxy) is 1. The van der Waals surface area contributed by atoms with Crippen LogP contribution in [-0.2, 0) is 4.79 Å². The number of rotatable bonds is 4. The summed E-state index contributed by atoms with van der Waals surface area (Å²) in [5, 5.41) is 0. The summed E-state index contributed by atoms with van der Waals surface area (Å²) in [6.07, 6.45) is 3.19. The number of ketones is 1. The Balaban J connectivity index is 1.48. The average Bonchev–Trinajstić information content (AvgIpc) is 3.11. The number of likely N-dealkylation sites (tertiary alicyclic amines) is 1. The van der Waals surface area contributed by atoms with E-state index < -0.39 is 0 Å². The molecule has 2 heterocycles. The highest BCUT2D eigenvalue weighted by atomic mass is 16.5. The highest BCUT2D eigenvalue weighted by molar-refractivity contribution is 6.21. The number of benzene rings is 1. The number of nitrogens with zero attached hydrogens (tertiary/aromatic N) is 2. The molecule has 1 aliphatic carbocycles. The SMILES string of the molecule is O=C1c2ccccc2-c2ncc(OCCN3CCCC3=O)cc21. The monoisotopic (exact) mass is 308 g/mol. The van der Waals surface area contributed by atoms with Crippen LogP contribution in [0.3, 0.4) is 0 Å². The van der Waals surface area contributed by atoms with Gasteiger partial charge in [-0.2, -0.15) is 0 Å². The molecule has 1 saturated heterocycles. The molecular formula is C18H16N2O3. The van der Waals surface area contributed by atoms with Crippen LogP contribution >= 0.6 is 0 Å². The van der Waals surface area contributed by atoms with Crippen molar-refractivity contribution in [3.8, 4) is 17.0 Å². The van der Waals surface area contributed by atoms with Crippen molar-refractivity contribution in [2.24, 2.45) is 0 Å². The summed E-state index contributed by atoms with van der Waals surface area (Å²) >= 11 is 0. The van der Waals surface area contributed by atoms with Crippen LogP contribution in [-0.4, -0.2) is 41.3 Å². The Morgan fingerprint density at radius 3 is 2.74 bits per heavy atom. The number of carbonyl (C=O) groups is 2. The number of aromatic nitrogens is 1. The van der Waals surface area contributed by atoms with Gasteiger partial charge in [-0.05, 0) is 12.5 Å². The fraction of sp³-hybridized carbons (Fsp3) is 0.278. The van der Waals surface area contributed by atoms with Gasteiger partial charge in [0, 0.05) is 24.1 Å². The predicted octanol–water partition coefficient (Wildman–Crippen LogP) is 2.29. The molecule has 1 aromatic carbocycles. The normalized spacial score (nSPS) is 15.7. The van der Waals surface area contributed by atoms with Crippen molar-refractivity contribution in [2.45, 2.75) is 12.8 Å². The van der Waals surface area contributed by atoms with E-state index in [1.165, 1.54) is 0 Å². The van der Waals surface area contributed by atoms with Crippen LogP contribution in [0.2, 0.25) is 0 Å². The van der Waals surface area contributed by atoms with Crippen molar-refractivity contribution in [3.63, 3.8) is 0 Å². The third-order valence-electron chi connectivity index (χ3n) is 4.34. The molecule has 1 fully saturated rings. The zero-order chi connectivity index (χ0) is 15.8. The zero-order valence-electron chi connectivity index (χ0n) is 12.6. The summed E-state index contributed by atoms with van der Waals surface area (Å²) in [5.74, 6) is 0.742. The second-order valence-corrected chi connectivity index (χ2v) is 5.77. The van der Waals surface area contributed by atoms with Gasteiger partial charge in [-0.25, -0.2) is 0 Å². The van der Waals surface area contributed by atoms with Crippen LogP contribution in [0.4, 0.5) is 0 Å². The van der Waals surface area contributed by atoms with Crippen molar-refractivity contribution >= 4 is 11.7 Å². The van der Waals surface area contributed by atoms with Crippen LogP contribution in [0.5, 0.6) is 5.75 Å². The smallest absolute Gasteiger partial charge is 0.222 e. The molecule has 5 heteroatoms. The molecule has 4 rings (SSSR count). The molecular weight excluding hydrogens is 292 g/mol. The van der Waals surface area contributed by atoms with Crippen molar-refractivity contribution in [1.82, 2.24) is 9.88 Å². The lowest BCUT2D eigenvalue weighted by molar-refractivity contribution is -0.128. The number of hydrogen-bond donors (Lipinski definition) is 0. The van der Waals surface area contributed by atoms with Gasteiger partial charge >= 0.3 is 0 Å². The Morgan fingerprint density at radius 2 is 1.96 bits per heavy atom. The molecule has 2 aliphatic rings. The number of pyridine rings is 1. The Bertz CT molecular complexity index is 801. The van der Waals surface area contributed by atoms with Crippen LogP contribution in [0.1, 0.15) is 28.8 Å². The van der Waals surface area contributed by atoms with E-state index in [-0.39, 0.29) is 11.7 Å². The maximum absolute atomic E-state index is 12.4. The molecule has 116 valence electrons. The van der Waals surface area contributed by atoms with E-state index in [2.05, 4.69) is 4.98 Å². The van der Waals surface area contributed by atoms with E-state index in [4.69, 9.17) is 4.74 Å². The molecule has 23 heavy (non-hydrogen) atoms. The highest BCUT2D eigenvalue weighted by Crippen LogP contribution is 2.36. The summed E-state index contributed by atoms with van der Waals surface area (Å²) in [4.78, 5) is 30.2. The first kappa shape index (κ1) is 13.9. The minimum atomic E-state index is -0.0109. The van der Waals surface area contributed by atoms with Crippen LogP contribution < -0.4 is 4.74 Å². The lowest BCUT2D eigenvalue weighted by Gasteiger charge is -2.15. The summed E-state index contributed by atoms with van der Waals surface area (Å²) < 4.78 is 5.68. The summed E-state index contributed by atoms with van der Waals surface area (Å²) in [6, 6.07) is 9.23. The Labute approximate surface area is 133 Å². The third kappa shape index (κ3) is 2.38. The molecule has 5 nitrogen and oxygen atoms in total. The number of carbonyl (C=O) groups excluding carboxylic acids is 2. The summed E-state index contributed by atoms with van der Waals surface area (Å²) in [5.41, 5.74) is 2.87. The summed E-state index contributed by atoms with van der Waals surface area (Å²) in [6.45, 7) is 1.79. The first-order chi connectivity index (χ1) is 11.2. The number of fused-ring (bicyclic) bond motifs is 3. The van der Waals surface area contributed by atoms with Crippen molar-refractivity contribution in [3.05, 3.63) is 47.7 Å². The minimum Gasteiger partial charge on any atom is -0.490 e. The van der Waals surface area contributed by atoms with Crippen molar-refractivity contribution < 1.29 is 14.3 Å². The van der Waals surface area contributed by atoms with Crippen LogP contribution in [0, 0.1) is 0 Å². The Morgan fingerprint density at radius 1 is 1.13 bits per heavy atom. The second kappa shape index (κ2) is 5.50. The molecule has 0 radical (unpaired) electrons. The highest BCUT2D eigenvalue weighted by Gasteiger charge is 2.28. The van der Waals surface area contributed by atoms with E-state index in [9.17, 15) is 9.59 Å². The van der Waals surface area contributed by atoms with Gasteiger partial charge in [-0.15, -0.1) is 0 Å². The molecule has 0 saturated carbocycles. The van der Waals surface area contributed by atoms with E-state index >= 15 is 0 Å². The third-order valence-corrected chi connectivity index (χ3v) is 4.34. The molecule has 0 unspecified atom stereocenters. The zero-order valence-corrected chi connectivity index (χ0v) is 12.6. The van der Waals surface area contributed by atoms with E-state index in [1.807, 2.05) is 29.2 Å². The maximum atomic E-state index is 12.4. The van der Waals surface area contributed by atoms with E-state index in [0.717, 1.165) is 18.5 Å². The van der Waals surface area contributed by atoms with Gasteiger partial charge < -0.3 is 9.64 Å². The maximum Gasteiger partial charge on any atom is 0.222 e. The van der Waals surface area contributed by atoms with Gasteiger partial charge in [0.05, 0.1) is 24.0 Å². The Kier molecular flexibility index (Phi) is 3.33. The van der Waals surface area contributed by atoms with E-state index in [0.29, 0.717) is 42.1 Å². The molecule has 0 spiro atoms. The Hall–Kier alpha value is -2.69. The number of amides is 1. The second-order valence-electron chi connectivity index (χ2n) is 5.77. The van der Waals surface area contributed by atoms with Gasteiger partial charge in [0.1, 0.15) is 12.4 Å². The fourth-order valence-corrected chi connectivity index (χ4v) is 3.16. The van der Waals surface area contributed by atoms with Crippen molar-refractivity contribution in [2.75, 3.05) is 19.7 Å². The minimum absolute atomic E-state index is 0.0109. The van der Waals surface area contributed by atoms with Gasteiger partial charge in [0.25, 0.3) is 0 Å². The van der Waals surface area contributed by atoms with Gasteiger partial charge in [0.2, 0.25) is 5.91 Å². The first-order valence-electron chi connectivity index (χ1n) is 7.79. The lowest BCUT2D eigenvalue weighted by atomic mass is 10.1. The topological polar surface area (TPSA) is 59.5 Å². The quantitative estimate of drug-likeness (QED) is 0.742. The van der Waals surface area contributed by atoms with Gasteiger partial charge in [0.15, 0.2) is 5.78 Å². The standard InChI is InChI=1S/C18H16N2O3/c21-16-6-3-7-20(16)8-9-23-12-10-15-17(19-11-12)13-4-1-2-5-14(13)18(15)22/h1-2,4-5,10-11H,3,6-9H2. The molecule has 0 bridgehead atoms. The van der Waals surface area contributed by atoms with Crippen molar-refractivity contribution in [1.29, 1.82) is 0 Å². The van der Waals surface area contributed by atoms with E-state index in [1.54, 1.807) is 12.3 Å². The van der Waals surface area contributed by atoms with Crippen LogP contribution in [0.25, 0.3) is 11.3 Å². The molecule has 1 aromatic heterocycles. The lowest BCUT2D eigenvalue weighted by Crippen LogP contribution is -2.29. The van der Waals surface area contributed by atoms with Crippen LogP contribution in [0.15, 0.2) is 36.5 Å². The molecule has 1 amide bonds.